The van der Waals surface area contributed by atoms with Gasteiger partial charge >= 0.3 is 0 Å². The molecule has 2 amide bonds. The molecule has 3 rings (SSSR count). The van der Waals surface area contributed by atoms with Crippen molar-refractivity contribution < 1.29 is 23.5 Å². The second-order valence-corrected chi connectivity index (χ2v) is 5.93. The standard InChI is InChI=1S/C19H19FN2O4/c1-13(23)22(11-14-2-7-17-18(10-14)26-12-25-17)9-8-19(24)21-16-5-3-15(20)4-6-16/h2-7,10H,8-9,11-12H2,1H3,(H,21,24). The van der Waals surface area contributed by atoms with E-state index in [1.165, 1.54) is 31.2 Å². The molecule has 7 heteroatoms. The zero-order chi connectivity index (χ0) is 18.5. The Labute approximate surface area is 150 Å². The molecule has 1 aliphatic rings. The molecule has 0 unspecified atom stereocenters. The Morgan fingerprint density at radius 3 is 2.58 bits per heavy atom. The van der Waals surface area contributed by atoms with Crippen LogP contribution >= 0.6 is 0 Å². The Hall–Kier alpha value is -3.09. The number of anilines is 1. The van der Waals surface area contributed by atoms with Crippen LogP contribution in [0.2, 0.25) is 0 Å². The summed E-state index contributed by atoms with van der Waals surface area (Å²) in [6, 6.07) is 11.0. The van der Waals surface area contributed by atoms with E-state index in [2.05, 4.69) is 5.32 Å². The van der Waals surface area contributed by atoms with E-state index in [4.69, 9.17) is 9.47 Å². The number of hydrogen-bond donors (Lipinski definition) is 1. The van der Waals surface area contributed by atoms with Gasteiger partial charge in [-0.05, 0) is 42.0 Å². The molecule has 0 spiro atoms. The molecule has 0 saturated heterocycles. The summed E-state index contributed by atoms with van der Waals surface area (Å²) in [6.45, 7) is 2.30. The molecule has 1 N–H and O–H groups in total. The first kappa shape index (κ1) is 17.7. The lowest BCUT2D eigenvalue weighted by Crippen LogP contribution is -2.31. The van der Waals surface area contributed by atoms with Crippen molar-refractivity contribution in [1.82, 2.24) is 4.90 Å². The maximum Gasteiger partial charge on any atom is 0.231 e. The maximum atomic E-state index is 12.9. The van der Waals surface area contributed by atoms with Gasteiger partial charge in [0.05, 0.1) is 0 Å². The minimum absolute atomic E-state index is 0.128. The molecule has 1 aliphatic heterocycles. The smallest absolute Gasteiger partial charge is 0.231 e. The van der Waals surface area contributed by atoms with Crippen molar-refractivity contribution in [2.45, 2.75) is 19.9 Å². The van der Waals surface area contributed by atoms with Crippen LogP contribution in [-0.4, -0.2) is 30.1 Å². The van der Waals surface area contributed by atoms with E-state index >= 15 is 0 Å². The Balaban J connectivity index is 1.55. The fourth-order valence-corrected chi connectivity index (χ4v) is 2.60. The van der Waals surface area contributed by atoms with Crippen LogP contribution < -0.4 is 14.8 Å². The molecule has 1 heterocycles. The number of ether oxygens (including phenoxy) is 2. The summed E-state index contributed by atoms with van der Waals surface area (Å²) in [7, 11) is 0. The molecule has 6 nitrogen and oxygen atoms in total. The SMILES string of the molecule is CC(=O)N(CCC(=O)Nc1ccc(F)cc1)Cc1ccc2c(c1)OCO2. The van der Waals surface area contributed by atoms with Crippen LogP contribution in [0.4, 0.5) is 10.1 Å². The number of carbonyl (C=O) groups is 2. The lowest BCUT2D eigenvalue weighted by atomic mass is 10.2. The van der Waals surface area contributed by atoms with Crippen molar-refractivity contribution in [3.63, 3.8) is 0 Å². The predicted molar refractivity (Wildman–Crippen MR) is 93.3 cm³/mol. The summed E-state index contributed by atoms with van der Waals surface area (Å²) >= 11 is 0. The predicted octanol–water partition coefficient (Wildman–Crippen LogP) is 2.93. The third-order valence-electron chi connectivity index (χ3n) is 3.99. The largest absolute Gasteiger partial charge is 0.454 e. The lowest BCUT2D eigenvalue weighted by molar-refractivity contribution is -0.129. The summed E-state index contributed by atoms with van der Waals surface area (Å²) < 4.78 is 23.5. The highest BCUT2D eigenvalue weighted by Gasteiger charge is 2.16. The molecule has 26 heavy (non-hydrogen) atoms. The first-order valence-electron chi connectivity index (χ1n) is 8.21. The number of amides is 2. The van der Waals surface area contributed by atoms with Gasteiger partial charge < -0.3 is 19.7 Å². The summed E-state index contributed by atoms with van der Waals surface area (Å²) in [5.74, 6) is 0.599. The van der Waals surface area contributed by atoms with E-state index in [1.807, 2.05) is 12.1 Å². The molecule has 0 fully saturated rings. The van der Waals surface area contributed by atoms with Gasteiger partial charge in [-0.3, -0.25) is 9.59 Å². The van der Waals surface area contributed by atoms with Gasteiger partial charge in [-0.15, -0.1) is 0 Å². The van der Waals surface area contributed by atoms with Gasteiger partial charge in [0.15, 0.2) is 11.5 Å². The second-order valence-electron chi connectivity index (χ2n) is 5.93. The molecule has 0 saturated carbocycles. The van der Waals surface area contributed by atoms with Gasteiger partial charge in [0.2, 0.25) is 18.6 Å². The van der Waals surface area contributed by atoms with Crippen LogP contribution in [0.5, 0.6) is 11.5 Å². The first-order chi connectivity index (χ1) is 12.5. The summed E-state index contributed by atoms with van der Waals surface area (Å²) in [6.07, 6.45) is 0.140. The van der Waals surface area contributed by atoms with Crippen LogP contribution in [0.15, 0.2) is 42.5 Å². The fraction of sp³-hybridized carbons (Fsp3) is 0.263. The molecule has 2 aromatic carbocycles. The van der Waals surface area contributed by atoms with Crippen molar-refractivity contribution in [2.24, 2.45) is 0 Å². The zero-order valence-corrected chi connectivity index (χ0v) is 14.3. The van der Waals surface area contributed by atoms with Crippen LogP contribution in [0.1, 0.15) is 18.9 Å². The highest BCUT2D eigenvalue weighted by Crippen LogP contribution is 2.32. The molecular formula is C19H19FN2O4. The van der Waals surface area contributed by atoms with Gasteiger partial charge in [-0.25, -0.2) is 4.39 Å². The van der Waals surface area contributed by atoms with Crippen molar-refractivity contribution in [2.75, 3.05) is 18.7 Å². The molecule has 0 aromatic heterocycles. The van der Waals surface area contributed by atoms with Crippen LogP contribution in [0, 0.1) is 5.82 Å². The van der Waals surface area contributed by atoms with Gasteiger partial charge in [0, 0.05) is 32.1 Å². The maximum absolute atomic E-state index is 12.9. The Bertz CT molecular complexity index is 808. The Morgan fingerprint density at radius 1 is 1.12 bits per heavy atom. The van der Waals surface area contributed by atoms with E-state index in [0.717, 1.165) is 5.56 Å². The number of rotatable bonds is 6. The number of benzene rings is 2. The lowest BCUT2D eigenvalue weighted by Gasteiger charge is -2.21. The van der Waals surface area contributed by atoms with Crippen molar-refractivity contribution >= 4 is 17.5 Å². The molecule has 0 aliphatic carbocycles. The molecule has 0 bridgehead atoms. The summed E-state index contributed by atoms with van der Waals surface area (Å²) in [5.41, 5.74) is 1.41. The van der Waals surface area contributed by atoms with Gasteiger partial charge in [0.1, 0.15) is 5.82 Å². The number of halogens is 1. The zero-order valence-electron chi connectivity index (χ0n) is 14.3. The molecule has 0 radical (unpaired) electrons. The monoisotopic (exact) mass is 358 g/mol. The Kier molecular flexibility index (Phi) is 5.36. The molecule has 136 valence electrons. The number of hydrogen-bond acceptors (Lipinski definition) is 4. The number of fused-ring (bicyclic) bond motifs is 1. The van der Waals surface area contributed by atoms with E-state index < -0.39 is 0 Å². The second kappa shape index (κ2) is 7.86. The first-order valence-corrected chi connectivity index (χ1v) is 8.21. The average molecular weight is 358 g/mol. The van der Waals surface area contributed by atoms with E-state index in [9.17, 15) is 14.0 Å². The molecular weight excluding hydrogens is 339 g/mol. The number of nitrogens with one attached hydrogen (secondary N) is 1. The molecule has 2 aromatic rings. The third-order valence-corrected chi connectivity index (χ3v) is 3.99. The van der Waals surface area contributed by atoms with Crippen LogP contribution in [-0.2, 0) is 16.1 Å². The Morgan fingerprint density at radius 2 is 1.85 bits per heavy atom. The topological polar surface area (TPSA) is 67.9 Å². The normalized spacial score (nSPS) is 11.9. The van der Waals surface area contributed by atoms with Crippen molar-refractivity contribution in [3.8, 4) is 11.5 Å². The van der Waals surface area contributed by atoms with Gasteiger partial charge in [-0.2, -0.15) is 0 Å². The summed E-state index contributed by atoms with van der Waals surface area (Å²) in [4.78, 5) is 25.5. The third kappa shape index (κ3) is 4.50. The van der Waals surface area contributed by atoms with Gasteiger partial charge in [0.25, 0.3) is 0 Å². The quantitative estimate of drug-likeness (QED) is 0.862. The van der Waals surface area contributed by atoms with Crippen molar-refractivity contribution in [3.05, 3.63) is 53.8 Å². The van der Waals surface area contributed by atoms with E-state index in [-0.39, 0.29) is 37.4 Å². The number of nitrogens with zero attached hydrogens (tertiary/aromatic N) is 1. The van der Waals surface area contributed by atoms with Crippen molar-refractivity contribution in [1.29, 1.82) is 0 Å². The fourth-order valence-electron chi connectivity index (χ4n) is 2.60. The summed E-state index contributed by atoms with van der Waals surface area (Å²) in [5, 5.41) is 2.68. The van der Waals surface area contributed by atoms with Gasteiger partial charge in [-0.1, -0.05) is 6.07 Å². The highest BCUT2D eigenvalue weighted by molar-refractivity contribution is 5.91. The average Bonchev–Trinajstić information content (AvgIpc) is 3.08. The minimum Gasteiger partial charge on any atom is -0.454 e. The van der Waals surface area contributed by atoms with Crippen LogP contribution in [0.3, 0.4) is 0 Å². The highest BCUT2D eigenvalue weighted by atomic mass is 19.1. The molecule has 0 atom stereocenters. The van der Waals surface area contributed by atoms with E-state index in [1.54, 1.807) is 11.0 Å². The minimum atomic E-state index is -0.366. The number of carbonyl (C=O) groups excluding carboxylic acids is 2. The van der Waals surface area contributed by atoms with Crippen LogP contribution in [0.25, 0.3) is 0 Å². The van der Waals surface area contributed by atoms with E-state index in [0.29, 0.717) is 23.7 Å².